The van der Waals surface area contributed by atoms with E-state index in [1.54, 1.807) is 0 Å². The lowest BCUT2D eigenvalue weighted by atomic mass is 10.0. The third kappa shape index (κ3) is 20.0. The van der Waals surface area contributed by atoms with Crippen LogP contribution in [0.4, 0.5) is 0 Å². The number of rotatable bonds is 18. The summed E-state index contributed by atoms with van der Waals surface area (Å²) in [6, 6.07) is 0. The average molecular weight is 295 g/mol. The van der Waals surface area contributed by atoms with Crippen molar-refractivity contribution < 1.29 is 0 Å². The molecule has 0 aromatic rings. The summed E-state index contributed by atoms with van der Waals surface area (Å²) in [5, 5.41) is 0. The van der Waals surface area contributed by atoms with Crippen molar-refractivity contribution >= 4 is 0 Å². The molecule has 0 aromatic carbocycles. The van der Waals surface area contributed by atoms with Crippen molar-refractivity contribution in [2.24, 2.45) is 0 Å². The molecule has 126 valence electrons. The first-order valence-electron chi connectivity index (χ1n) is 10.0. The molecule has 2 radical (unpaired) electrons. The molecule has 0 amide bonds. The second-order valence-electron chi connectivity index (χ2n) is 6.67. The van der Waals surface area contributed by atoms with E-state index in [1.807, 2.05) is 0 Å². The van der Waals surface area contributed by atoms with Gasteiger partial charge in [0.15, 0.2) is 0 Å². The second kappa shape index (κ2) is 20.0. The quantitative estimate of drug-likeness (QED) is 0.224. The SMILES string of the molecule is [CH2]CCCCCCCC[CH]CCCCCCCCCCC. The molecule has 0 unspecified atom stereocenters. The largest absolute Gasteiger partial charge is 0.0654 e. The molecule has 0 aromatic heterocycles. The number of unbranched alkanes of at least 4 members (excludes halogenated alkanes) is 18. The highest BCUT2D eigenvalue weighted by molar-refractivity contribution is 4.64. The second-order valence-corrected chi connectivity index (χ2v) is 6.67. The molecule has 21 heavy (non-hydrogen) atoms. The summed E-state index contributed by atoms with van der Waals surface area (Å²) >= 11 is 0. The van der Waals surface area contributed by atoms with E-state index in [1.165, 1.54) is 109 Å². The zero-order chi connectivity index (χ0) is 15.4. The molecule has 0 aliphatic carbocycles. The zero-order valence-corrected chi connectivity index (χ0v) is 15.0. The van der Waals surface area contributed by atoms with Crippen molar-refractivity contribution in [1.82, 2.24) is 0 Å². The highest BCUT2D eigenvalue weighted by Gasteiger charge is 1.94. The molecule has 0 spiro atoms. The summed E-state index contributed by atoms with van der Waals surface area (Å²) in [4.78, 5) is 0. The van der Waals surface area contributed by atoms with Crippen LogP contribution in [0.2, 0.25) is 0 Å². The van der Waals surface area contributed by atoms with Gasteiger partial charge < -0.3 is 0 Å². The monoisotopic (exact) mass is 294 g/mol. The summed E-state index contributed by atoms with van der Waals surface area (Å²) in [7, 11) is 0. The predicted molar refractivity (Wildman–Crippen MR) is 98.4 cm³/mol. The van der Waals surface area contributed by atoms with Crippen LogP contribution in [0.15, 0.2) is 0 Å². The van der Waals surface area contributed by atoms with Crippen LogP contribution in [0.3, 0.4) is 0 Å². The third-order valence-electron chi connectivity index (χ3n) is 4.42. The Morgan fingerprint density at radius 2 is 0.905 bits per heavy atom. The van der Waals surface area contributed by atoms with E-state index in [9.17, 15) is 0 Å². The summed E-state index contributed by atoms with van der Waals surface area (Å²) in [6.07, 6.45) is 27.8. The van der Waals surface area contributed by atoms with Crippen molar-refractivity contribution in [2.75, 3.05) is 0 Å². The maximum atomic E-state index is 3.89. The Labute approximate surface area is 136 Å². The minimum Gasteiger partial charge on any atom is -0.0654 e. The molecule has 0 aliphatic heterocycles. The van der Waals surface area contributed by atoms with Crippen molar-refractivity contribution in [1.29, 1.82) is 0 Å². The average Bonchev–Trinajstić information content (AvgIpc) is 2.50. The summed E-state index contributed by atoms with van der Waals surface area (Å²) in [6.45, 7) is 6.18. The first-order chi connectivity index (χ1) is 10.4. The van der Waals surface area contributed by atoms with Gasteiger partial charge in [0, 0.05) is 0 Å². The fourth-order valence-electron chi connectivity index (χ4n) is 2.92. The summed E-state index contributed by atoms with van der Waals surface area (Å²) < 4.78 is 0. The maximum absolute atomic E-state index is 3.89. The predicted octanol–water partition coefficient (Wildman–Crippen LogP) is 8.07. The third-order valence-corrected chi connectivity index (χ3v) is 4.42. The van der Waals surface area contributed by atoms with Crippen molar-refractivity contribution in [2.45, 2.75) is 122 Å². The molecule has 0 bridgehead atoms. The van der Waals surface area contributed by atoms with Crippen LogP contribution in [0.25, 0.3) is 0 Å². The van der Waals surface area contributed by atoms with E-state index in [0.29, 0.717) is 0 Å². The van der Waals surface area contributed by atoms with Crippen LogP contribution in [0.1, 0.15) is 122 Å². The number of hydrogen-bond donors (Lipinski definition) is 0. The Kier molecular flexibility index (Phi) is 20.0. The van der Waals surface area contributed by atoms with E-state index >= 15 is 0 Å². The standard InChI is InChI=1S/C21H42/c1-3-5-7-9-11-13-15-17-19-21-20-18-16-14-12-10-8-6-4-2/h19H,1,3-18,20-21H2,2H3. The van der Waals surface area contributed by atoms with Gasteiger partial charge in [-0.1, -0.05) is 129 Å². The van der Waals surface area contributed by atoms with Gasteiger partial charge in [-0.25, -0.2) is 0 Å². The van der Waals surface area contributed by atoms with Crippen LogP contribution in [0, 0.1) is 13.3 Å². The van der Waals surface area contributed by atoms with Gasteiger partial charge in [0.05, 0.1) is 0 Å². The van der Waals surface area contributed by atoms with E-state index < -0.39 is 0 Å². The molecule has 0 nitrogen and oxygen atoms in total. The summed E-state index contributed by atoms with van der Waals surface area (Å²) in [5.41, 5.74) is 0. The normalized spacial score (nSPS) is 11.1. The molecule has 0 rings (SSSR count). The van der Waals surface area contributed by atoms with E-state index in [2.05, 4.69) is 20.3 Å². The minimum absolute atomic E-state index is 1.12. The highest BCUT2D eigenvalue weighted by atomic mass is 14.0. The highest BCUT2D eigenvalue weighted by Crippen LogP contribution is 2.13. The van der Waals surface area contributed by atoms with Crippen molar-refractivity contribution in [3.8, 4) is 0 Å². The lowest BCUT2D eigenvalue weighted by Crippen LogP contribution is -1.84. The van der Waals surface area contributed by atoms with E-state index in [4.69, 9.17) is 0 Å². The molecular formula is C21H42. The van der Waals surface area contributed by atoms with Gasteiger partial charge in [-0.05, 0) is 6.42 Å². The molecule has 0 heteroatoms. The molecule has 0 heterocycles. The van der Waals surface area contributed by atoms with Gasteiger partial charge in [-0.3, -0.25) is 0 Å². The minimum atomic E-state index is 1.12. The molecule has 0 fully saturated rings. The Hall–Kier alpha value is 0. The smallest absolute Gasteiger partial charge is 0.0386 e. The molecule has 0 saturated carbocycles. The van der Waals surface area contributed by atoms with Crippen LogP contribution in [0.5, 0.6) is 0 Å². The van der Waals surface area contributed by atoms with Crippen LogP contribution < -0.4 is 0 Å². The topological polar surface area (TPSA) is 0 Å². The van der Waals surface area contributed by atoms with Gasteiger partial charge >= 0.3 is 0 Å². The van der Waals surface area contributed by atoms with Gasteiger partial charge in [0.1, 0.15) is 0 Å². The van der Waals surface area contributed by atoms with Gasteiger partial charge in [0.25, 0.3) is 0 Å². The Morgan fingerprint density at radius 1 is 0.524 bits per heavy atom. The fourth-order valence-corrected chi connectivity index (χ4v) is 2.92. The lowest BCUT2D eigenvalue weighted by molar-refractivity contribution is 0.557. The molecule has 0 aliphatic rings. The first-order valence-corrected chi connectivity index (χ1v) is 10.0. The van der Waals surface area contributed by atoms with Gasteiger partial charge in [-0.15, -0.1) is 0 Å². The molecule has 0 atom stereocenters. The maximum Gasteiger partial charge on any atom is -0.0386 e. The van der Waals surface area contributed by atoms with Crippen molar-refractivity contribution in [3.05, 3.63) is 13.3 Å². The number of hydrogen-bond acceptors (Lipinski definition) is 0. The van der Waals surface area contributed by atoms with Crippen molar-refractivity contribution in [3.63, 3.8) is 0 Å². The first kappa shape index (κ1) is 21.0. The van der Waals surface area contributed by atoms with Gasteiger partial charge in [-0.2, -0.15) is 0 Å². The fraction of sp³-hybridized carbons (Fsp3) is 0.905. The van der Waals surface area contributed by atoms with E-state index in [-0.39, 0.29) is 0 Å². The summed E-state index contributed by atoms with van der Waals surface area (Å²) in [5.74, 6) is 0. The molecular weight excluding hydrogens is 252 g/mol. The molecule has 0 saturated heterocycles. The van der Waals surface area contributed by atoms with Gasteiger partial charge in [0.2, 0.25) is 0 Å². The lowest BCUT2D eigenvalue weighted by Gasteiger charge is -2.03. The Morgan fingerprint density at radius 3 is 1.33 bits per heavy atom. The molecule has 0 N–H and O–H groups in total. The van der Waals surface area contributed by atoms with E-state index in [0.717, 1.165) is 6.42 Å². The van der Waals surface area contributed by atoms with Crippen LogP contribution in [-0.2, 0) is 0 Å². The Bertz CT molecular complexity index is 143. The van der Waals surface area contributed by atoms with Crippen LogP contribution in [-0.4, -0.2) is 0 Å². The van der Waals surface area contributed by atoms with Crippen LogP contribution >= 0.6 is 0 Å². The zero-order valence-electron chi connectivity index (χ0n) is 15.0. The Balaban J connectivity index is 2.90.